The van der Waals surface area contributed by atoms with Crippen LogP contribution in [0, 0.1) is 11.6 Å². The molecule has 10 heteroatoms. The summed E-state index contributed by atoms with van der Waals surface area (Å²) >= 11 is 0. The summed E-state index contributed by atoms with van der Waals surface area (Å²) in [5.74, 6) is -0.610. The van der Waals surface area contributed by atoms with Crippen molar-refractivity contribution in [2.24, 2.45) is 0 Å². The molecule has 0 unspecified atom stereocenters. The molecule has 2 aromatic carbocycles. The van der Waals surface area contributed by atoms with Gasteiger partial charge in [-0.1, -0.05) is 43.9 Å². The second-order valence-corrected chi connectivity index (χ2v) is 10.9. The van der Waals surface area contributed by atoms with E-state index in [1.807, 2.05) is 32.1 Å². The zero-order chi connectivity index (χ0) is 31.0. The van der Waals surface area contributed by atoms with Crippen LogP contribution < -0.4 is 14.4 Å². The van der Waals surface area contributed by atoms with Gasteiger partial charge >= 0.3 is 6.01 Å². The van der Waals surface area contributed by atoms with Crippen molar-refractivity contribution in [2.45, 2.75) is 45.3 Å². The molecule has 0 bridgehead atoms. The van der Waals surface area contributed by atoms with Gasteiger partial charge in [-0.25, -0.2) is 13.8 Å². The Morgan fingerprint density at radius 1 is 1.18 bits per heavy atom. The SMILES string of the molecule is C=C/C=C(\C=C/C)COC1CC(N2CCOc3nc(-c4cc(O)cc5ccc(F)c(CC)c45)c(F)c4nc(OC)nc2c34)C1. The average Bonchev–Trinajstić information content (AvgIpc) is 3.17. The number of pyridine rings is 1. The first-order valence-corrected chi connectivity index (χ1v) is 14.7. The number of allylic oxidation sites excluding steroid dienone is 3. The number of aromatic hydroxyl groups is 1. The van der Waals surface area contributed by atoms with Gasteiger partial charge in [0.15, 0.2) is 5.82 Å². The highest BCUT2D eigenvalue weighted by Gasteiger charge is 2.38. The van der Waals surface area contributed by atoms with Crippen LogP contribution in [-0.2, 0) is 11.2 Å². The average molecular weight is 601 g/mol. The number of fused-ring (bicyclic) bond motifs is 1. The molecule has 0 spiro atoms. The number of methoxy groups -OCH3 is 1. The number of aryl methyl sites for hydroxylation is 1. The Morgan fingerprint density at radius 3 is 2.73 bits per heavy atom. The fourth-order valence-corrected chi connectivity index (χ4v) is 6.08. The Bertz CT molecular complexity index is 1820. The minimum absolute atomic E-state index is 0.000129. The van der Waals surface area contributed by atoms with Crippen molar-refractivity contribution in [3.8, 4) is 28.9 Å². The van der Waals surface area contributed by atoms with Crippen molar-refractivity contribution in [1.82, 2.24) is 15.0 Å². The van der Waals surface area contributed by atoms with Crippen LogP contribution in [0.3, 0.4) is 0 Å². The molecule has 4 aromatic rings. The number of hydrogen-bond donors (Lipinski definition) is 1. The van der Waals surface area contributed by atoms with Crippen LogP contribution in [0.2, 0.25) is 0 Å². The van der Waals surface area contributed by atoms with E-state index in [0.717, 1.165) is 18.4 Å². The summed E-state index contributed by atoms with van der Waals surface area (Å²) in [6.45, 7) is 8.80. The van der Waals surface area contributed by atoms with Gasteiger partial charge in [0.25, 0.3) is 0 Å². The standard InChI is InChI=1S/C34H34F2N4O4/c1-5-8-19(9-6-2)18-44-23-15-21(16-23)40-12-13-43-33-28-31(38-34(42-4)39-32(28)40)29(36)30(37-33)25-17-22(41)14-20-10-11-26(35)24(7-3)27(20)25/h5-6,8-11,14,17,21,23,41H,1,7,12-13,15-16,18H2,2-4H3/b9-6-,19-8+. The molecule has 8 nitrogen and oxygen atoms in total. The highest BCUT2D eigenvalue weighted by molar-refractivity contribution is 6.03. The first kappa shape index (κ1) is 29.5. The van der Waals surface area contributed by atoms with Crippen molar-refractivity contribution >= 4 is 27.5 Å². The van der Waals surface area contributed by atoms with Crippen LogP contribution in [0.1, 0.15) is 32.3 Å². The maximum atomic E-state index is 16.6. The normalized spacial score (nSPS) is 18.4. The van der Waals surface area contributed by atoms with E-state index in [9.17, 15) is 9.50 Å². The minimum Gasteiger partial charge on any atom is -0.508 e. The van der Waals surface area contributed by atoms with Gasteiger partial charge in [0.05, 0.1) is 26.4 Å². The Kier molecular flexibility index (Phi) is 8.18. The number of anilines is 1. The number of aromatic nitrogens is 3. The summed E-state index contributed by atoms with van der Waals surface area (Å²) < 4.78 is 49.2. The number of nitrogens with zero attached hydrogens (tertiary/aromatic N) is 4. The largest absolute Gasteiger partial charge is 0.508 e. The topological polar surface area (TPSA) is 89.8 Å². The summed E-state index contributed by atoms with van der Waals surface area (Å²) in [7, 11) is 1.43. The third-order valence-electron chi connectivity index (χ3n) is 8.21. The maximum absolute atomic E-state index is 16.6. The first-order valence-electron chi connectivity index (χ1n) is 14.7. The lowest BCUT2D eigenvalue weighted by molar-refractivity contribution is 0.00223. The molecule has 1 fully saturated rings. The van der Waals surface area contributed by atoms with E-state index >= 15 is 4.39 Å². The lowest BCUT2D eigenvalue weighted by Crippen LogP contribution is -2.49. The van der Waals surface area contributed by atoms with Crippen molar-refractivity contribution < 1.29 is 28.1 Å². The Labute approximate surface area is 254 Å². The number of phenolic OH excluding ortho intramolecular Hbond substituents is 1. The lowest BCUT2D eigenvalue weighted by Gasteiger charge is -2.43. The smallest absolute Gasteiger partial charge is 0.318 e. The number of benzene rings is 2. The van der Waals surface area contributed by atoms with Gasteiger partial charge in [0, 0.05) is 11.6 Å². The summed E-state index contributed by atoms with van der Waals surface area (Å²) in [4.78, 5) is 15.7. The van der Waals surface area contributed by atoms with Crippen LogP contribution in [0.4, 0.5) is 14.6 Å². The highest BCUT2D eigenvalue weighted by atomic mass is 19.1. The molecule has 2 aliphatic rings. The lowest BCUT2D eigenvalue weighted by atomic mass is 9.87. The number of phenols is 1. The van der Waals surface area contributed by atoms with E-state index in [2.05, 4.69) is 26.4 Å². The molecule has 1 saturated carbocycles. The fourth-order valence-electron chi connectivity index (χ4n) is 6.08. The van der Waals surface area contributed by atoms with E-state index < -0.39 is 11.6 Å². The van der Waals surface area contributed by atoms with Gasteiger partial charge < -0.3 is 24.2 Å². The van der Waals surface area contributed by atoms with Crippen LogP contribution in [0.15, 0.2) is 60.7 Å². The summed E-state index contributed by atoms with van der Waals surface area (Å²) in [5, 5.41) is 11.9. The zero-order valence-corrected chi connectivity index (χ0v) is 24.9. The monoisotopic (exact) mass is 600 g/mol. The number of halogens is 2. The highest BCUT2D eigenvalue weighted by Crippen LogP contribution is 2.44. The Balaban J connectivity index is 1.42. The van der Waals surface area contributed by atoms with Gasteiger partial charge in [-0.15, -0.1) is 0 Å². The maximum Gasteiger partial charge on any atom is 0.318 e. The summed E-state index contributed by atoms with van der Waals surface area (Å²) in [6, 6.07) is 5.91. The predicted molar refractivity (Wildman–Crippen MR) is 166 cm³/mol. The molecule has 0 saturated heterocycles. The van der Waals surface area contributed by atoms with Gasteiger partial charge in [0.2, 0.25) is 5.88 Å². The van der Waals surface area contributed by atoms with Crippen molar-refractivity contribution in [2.75, 3.05) is 31.8 Å². The summed E-state index contributed by atoms with van der Waals surface area (Å²) in [6.07, 6.45) is 9.58. The van der Waals surface area contributed by atoms with Crippen LogP contribution in [-0.4, -0.2) is 59.1 Å². The number of rotatable bonds is 9. The molecule has 1 aliphatic heterocycles. The molecule has 44 heavy (non-hydrogen) atoms. The molecular weight excluding hydrogens is 566 g/mol. The molecule has 1 N–H and O–H groups in total. The van der Waals surface area contributed by atoms with E-state index in [0.29, 0.717) is 47.1 Å². The van der Waals surface area contributed by atoms with E-state index in [1.165, 1.54) is 25.3 Å². The molecular formula is C34H34F2N4O4. The third kappa shape index (κ3) is 5.23. The fraction of sp³-hybridized carbons (Fsp3) is 0.324. The summed E-state index contributed by atoms with van der Waals surface area (Å²) in [5.41, 5.74) is 1.56. The molecule has 0 atom stereocenters. The second kappa shape index (κ2) is 12.2. The predicted octanol–water partition coefficient (Wildman–Crippen LogP) is 6.83. The van der Waals surface area contributed by atoms with Crippen LogP contribution in [0.5, 0.6) is 17.6 Å². The van der Waals surface area contributed by atoms with Gasteiger partial charge in [-0.2, -0.15) is 9.97 Å². The van der Waals surface area contributed by atoms with Gasteiger partial charge in [-0.3, -0.25) is 0 Å². The van der Waals surface area contributed by atoms with Gasteiger partial charge in [0.1, 0.15) is 40.6 Å². The zero-order valence-electron chi connectivity index (χ0n) is 24.9. The van der Waals surface area contributed by atoms with Gasteiger partial charge in [-0.05, 0) is 66.3 Å². The molecule has 0 amide bonds. The molecule has 6 rings (SSSR count). The van der Waals surface area contributed by atoms with E-state index in [1.54, 1.807) is 12.1 Å². The van der Waals surface area contributed by atoms with Crippen molar-refractivity contribution in [3.05, 3.63) is 77.9 Å². The van der Waals surface area contributed by atoms with E-state index in [-0.39, 0.29) is 53.2 Å². The third-order valence-corrected chi connectivity index (χ3v) is 8.21. The second-order valence-electron chi connectivity index (χ2n) is 10.9. The molecule has 228 valence electrons. The Morgan fingerprint density at radius 2 is 2.00 bits per heavy atom. The quantitative estimate of drug-likeness (QED) is 0.209. The van der Waals surface area contributed by atoms with Crippen molar-refractivity contribution in [1.29, 1.82) is 0 Å². The van der Waals surface area contributed by atoms with Crippen LogP contribution in [0.25, 0.3) is 32.9 Å². The number of hydrogen-bond acceptors (Lipinski definition) is 8. The molecule has 1 aliphatic carbocycles. The molecule has 0 radical (unpaired) electrons. The van der Waals surface area contributed by atoms with E-state index in [4.69, 9.17) is 14.2 Å². The first-order chi connectivity index (χ1) is 21.4. The van der Waals surface area contributed by atoms with Crippen LogP contribution >= 0.6 is 0 Å². The van der Waals surface area contributed by atoms with Crippen molar-refractivity contribution in [3.63, 3.8) is 0 Å². The molecule has 3 heterocycles. The number of ether oxygens (including phenoxy) is 3. The minimum atomic E-state index is -0.741. The Hall–Kier alpha value is -4.57. The molecule has 2 aromatic heterocycles.